The minimum Gasteiger partial charge on any atom is -0.397 e. The van der Waals surface area contributed by atoms with E-state index in [1.165, 1.54) is 0 Å². The molecule has 0 aromatic heterocycles. The second-order valence-corrected chi connectivity index (χ2v) is 6.90. The van der Waals surface area contributed by atoms with Crippen LogP contribution >= 0.6 is 23.4 Å². The molecule has 1 saturated heterocycles. The first kappa shape index (κ1) is 15.5. The number of hydrogen-bond donors (Lipinski definition) is 2. The molecule has 0 bridgehead atoms. The summed E-state index contributed by atoms with van der Waals surface area (Å²) < 4.78 is 5.51. The van der Waals surface area contributed by atoms with Crippen molar-refractivity contribution in [1.29, 1.82) is 0 Å². The average molecular weight is 315 g/mol. The third kappa shape index (κ3) is 3.81. The maximum absolute atomic E-state index is 12.2. The van der Waals surface area contributed by atoms with Crippen molar-refractivity contribution >= 4 is 40.6 Å². The van der Waals surface area contributed by atoms with Gasteiger partial charge < -0.3 is 15.8 Å². The molecule has 4 nitrogen and oxygen atoms in total. The molecular formula is C14H19ClN2O2S. The molecule has 20 heavy (non-hydrogen) atoms. The van der Waals surface area contributed by atoms with Crippen LogP contribution in [0.25, 0.3) is 0 Å². The fraction of sp³-hybridized carbons (Fsp3) is 0.500. The highest BCUT2D eigenvalue weighted by Crippen LogP contribution is 2.30. The lowest BCUT2D eigenvalue weighted by Gasteiger charge is -2.18. The van der Waals surface area contributed by atoms with Gasteiger partial charge in [0.25, 0.3) is 0 Å². The molecule has 1 aromatic carbocycles. The van der Waals surface area contributed by atoms with E-state index in [0.29, 0.717) is 21.6 Å². The van der Waals surface area contributed by atoms with Crippen LogP contribution in [-0.2, 0) is 9.53 Å². The topological polar surface area (TPSA) is 64.3 Å². The Labute approximate surface area is 128 Å². The standard InChI is InChI=1S/C14H19ClN2O2S/c1-8-13(5-6-19-8)20-9(2)14(18)17-10-3-4-11(15)12(16)7-10/h3-4,7-9,13H,5-6,16H2,1-2H3,(H,17,18). The van der Waals surface area contributed by atoms with E-state index in [9.17, 15) is 4.79 Å². The zero-order chi connectivity index (χ0) is 14.7. The van der Waals surface area contributed by atoms with Crippen molar-refractivity contribution in [3.8, 4) is 0 Å². The van der Waals surface area contributed by atoms with Crippen LogP contribution in [0.15, 0.2) is 18.2 Å². The van der Waals surface area contributed by atoms with E-state index < -0.39 is 0 Å². The summed E-state index contributed by atoms with van der Waals surface area (Å²) in [6.07, 6.45) is 1.21. The number of nitrogens with one attached hydrogen (secondary N) is 1. The molecule has 0 saturated carbocycles. The Morgan fingerprint density at radius 2 is 2.35 bits per heavy atom. The van der Waals surface area contributed by atoms with Gasteiger partial charge >= 0.3 is 0 Å². The summed E-state index contributed by atoms with van der Waals surface area (Å²) in [7, 11) is 0. The normalized spacial score (nSPS) is 23.6. The lowest BCUT2D eigenvalue weighted by atomic mass is 10.2. The number of hydrogen-bond acceptors (Lipinski definition) is 4. The van der Waals surface area contributed by atoms with Crippen LogP contribution in [0.2, 0.25) is 5.02 Å². The minimum atomic E-state index is -0.138. The van der Waals surface area contributed by atoms with E-state index in [-0.39, 0.29) is 17.3 Å². The van der Waals surface area contributed by atoms with Gasteiger partial charge in [-0.15, -0.1) is 11.8 Å². The van der Waals surface area contributed by atoms with Gasteiger partial charge in [0.05, 0.1) is 22.1 Å². The molecule has 3 N–H and O–H groups in total. The molecule has 1 fully saturated rings. The highest BCUT2D eigenvalue weighted by atomic mass is 35.5. The first-order valence-corrected chi connectivity index (χ1v) is 7.92. The van der Waals surface area contributed by atoms with Crippen LogP contribution in [0.3, 0.4) is 0 Å². The van der Waals surface area contributed by atoms with Crippen molar-refractivity contribution in [3.63, 3.8) is 0 Å². The molecule has 3 unspecified atom stereocenters. The molecule has 1 aromatic rings. The van der Waals surface area contributed by atoms with Crippen molar-refractivity contribution < 1.29 is 9.53 Å². The number of nitrogen functional groups attached to an aromatic ring is 1. The van der Waals surface area contributed by atoms with Crippen LogP contribution in [0.1, 0.15) is 20.3 Å². The Kier molecular flexibility index (Phi) is 5.18. The number of rotatable bonds is 4. The molecule has 1 aliphatic heterocycles. The van der Waals surface area contributed by atoms with E-state index in [0.717, 1.165) is 13.0 Å². The number of amides is 1. The fourth-order valence-electron chi connectivity index (χ4n) is 2.08. The predicted molar refractivity (Wildman–Crippen MR) is 85.4 cm³/mol. The molecule has 0 radical (unpaired) electrons. The van der Waals surface area contributed by atoms with Crippen molar-refractivity contribution in [1.82, 2.24) is 0 Å². The highest BCUT2D eigenvalue weighted by molar-refractivity contribution is 8.01. The van der Waals surface area contributed by atoms with Crippen molar-refractivity contribution in [2.24, 2.45) is 0 Å². The van der Waals surface area contributed by atoms with E-state index in [1.54, 1.807) is 30.0 Å². The lowest BCUT2D eigenvalue weighted by molar-refractivity contribution is -0.115. The molecule has 0 aliphatic carbocycles. The van der Waals surface area contributed by atoms with Gasteiger partial charge in [0.15, 0.2) is 0 Å². The van der Waals surface area contributed by atoms with Crippen molar-refractivity contribution in [3.05, 3.63) is 23.2 Å². The zero-order valence-electron chi connectivity index (χ0n) is 11.6. The summed E-state index contributed by atoms with van der Waals surface area (Å²) in [4.78, 5) is 12.2. The number of halogens is 1. The average Bonchev–Trinajstić information content (AvgIpc) is 2.79. The van der Waals surface area contributed by atoms with Crippen LogP contribution in [0.4, 0.5) is 11.4 Å². The van der Waals surface area contributed by atoms with E-state index >= 15 is 0 Å². The van der Waals surface area contributed by atoms with Gasteiger partial charge in [-0.25, -0.2) is 0 Å². The lowest BCUT2D eigenvalue weighted by Crippen LogP contribution is -2.26. The van der Waals surface area contributed by atoms with E-state index in [2.05, 4.69) is 12.2 Å². The third-order valence-electron chi connectivity index (χ3n) is 3.32. The molecule has 0 spiro atoms. The Bertz CT molecular complexity index is 498. The number of ether oxygens (including phenoxy) is 1. The maximum atomic E-state index is 12.2. The van der Waals surface area contributed by atoms with Crippen molar-refractivity contribution in [2.45, 2.75) is 36.9 Å². The molecule has 1 heterocycles. The number of benzene rings is 1. The summed E-state index contributed by atoms with van der Waals surface area (Å²) in [5.74, 6) is -0.0316. The smallest absolute Gasteiger partial charge is 0.237 e. The Morgan fingerprint density at radius 3 is 2.95 bits per heavy atom. The molecule has 3 atom stereocenters. The number of anilines is 2. The number of carbonyl (C=O) groups excluding carboxylic acids is 1. The summed E-state index contributed by atoms with van der Waals surface area (Å²) in [5, 5.41) is 3.59. The molecule has 6 heteroatoms. The monoisotopic (exact) mass is 314 g/mol. The molecule has 1 amide bonds. The van der Waals surface area contributed by atoms with Crippen LogP contribution < -0.4 is 11.1 Å². The quantitative estimate of drug-likeness (QED) is 0.838. The Balaban J connectivity index is 1.91. The number of nitrogens with two attached hydrogens (primary N) is 1. The molecule has 110 valence electrons. The predicted octanol–water partition coefficient (Wildman–Crippen LogP) is 3.16. The number of carbonyl (C=O) groups is 1. The van der Waals surface area contributed by atoms with Crippen LogP contribution in [0.5, 0.6) is 0 Å². The highest BCUT2D eigenvalue weighted by Gasteiger charge is 2.28. The zero-order valence-corrected chi connectivity index (χ0v) is 13.1. The van der Waals surface area contributed by atoms with Crippen LogP contribution in [0, 0.1) is 0 Å². The van der Waals surface area contributed by atoms with Gasteiger partial charge in [0.1, 0.15) is 0 Å². The second kappa shape index (κ2) is 6.70. The minimum absolute atomic E-state index is 0.0316. The van der Waals surface area contributed by atoms with E-state index in [4.69, 9.17) is 22.1 Å². The molecule has 2 rings (SSSR count). The van der Waals surface area contributed by atoms with Gasteiger partial charge in [-0.05, 0) is 38.5 Å². The number of thioether (sulfide) groups is 1. The van der Waals surface area contributed by atoms with Gasteiger partial charge in [-0.1, -0.05) is 11.6 Å². The second-order valence-electron chi connectivity index (χ2n) is 4.91. The summed E-state index contributed by atoms with van der Waals surface area (Å²) in [5.41, 5.74) is 6.85. The summed E-state index contributed by atoms with van der Waals surface area (Å²) >= 11 is 7.51. The maximum Gasteiger partial charge on any atom is 0.237 e. The summed E-state index contributed by atoms with van der Waals surface area (Å²) in [6.45, 7) is 4.74. The third-order valence-corrected chi connectivity index (χ3v) is 5.25. The largest absolute Gasteiger partial charge is 0.397 e. The first-order valence-electron chi connectivity index (χ1n) is 6.60. The molecular weight excluding hydrogens is 296 g/mol. The van der Waals surface area contributed by atoms with Gasteiger partial charge in [-0.3, -0.25) is 4.79 Å². The molecule has 1 aliphatic rings. The Hall–Kier alpha value is -0.910. The first-order chi connectivity index (χ1) is 9.47. The van der Waals surface area contributed by atoms with Gasteiger partial charge in [0, 0.05) is 17.5 Å². The van der Waals surface area contributed by atoms with E-state index in [1.807, 2.05) is 6.92 Å². The van der Waals surface area contributed by atoms with Crippen LogP contribution in [-0.4, -0.2) is 29.1 Å². The Morgan fingerprint density at radius 1 is 1.60 bits per heavy atom. The SMILES string of the molecule is CC(SC1CCOC1C)C(=O)Nc1ccc(Cl)c(N)c1. The van der Waals surface area contributed by atoms with Gasteiger partial charge in [0.2, 0.25) is 5.91 Å². The fourth-order valence-corrected chi connectivity index (χ4v) is 3.44. The van der Waals surface area contributed by atoms with Crippen molar-refractivity contribution in [2.75, 3.05) is 17.7 Å². The van der Waals surface area contributed by atoms with Gasteiger partial charge in [-0.2, -0.15) is 0 Å². The summed E-state index contributed by atoms with van der Waals surface area (Å²) in [6, 6.07) is 5.09.